The van der Waals surface area contributed by atoms with E-state index in [0.29, 0.717) is 23.6 Å². The van der Waals surface area contributed by atoms with Crippen LogP contribution in [0.25, 0.3) is 0 Å². The van der Waals surface area contributed by atoms with Crippen molar-refractivity contribution in [3.8, 4) is 11.8 Å². The lowest BCUT2D eigenvalue weighted by molar-refractivity contribution is 0.132. The summed E-state index contributed by atoms with van der Waals surface area (Å²) in [4.78, 5) is 8.29. The van der Waals surface area contributed by atoms with Crippen LogP contribution in [-0.4, -0.2) is 36.6 Å². The maximum Gasteiger partial charge on any atom is 0.316 e. The molecule has 0 amide bonds. The quantitative estimate of drug-likeness (QED) is 0.729. The number of benzene rings is 1. The smallest absolute Gasteiger partial charge is 0.316 e. The minimum atomic E-state index is -3.57. The van der Waals surface area contributed by atoms with Crippen LogP contribution in [0.5, 0.6) is 11.8 Å². The first-order valence-electron chi connectivity index (χ1n) is 9.25. The van der Waals surface area contributed by atoms with Crippen molar-refractivity contribution in [1.29, 1.82) is 0 Å². The van der Waals surface area contributed by atoms with Gasteiger partial charge in [-0.3, -0.25) is 0 Å². The van der Waals surface area contributed by atoms with Gasteiger partial charge in [0.05, 0.1) is 28.4 Å². The summed E-state index contributed by atoms with van der Waals surface area (Å²) in [6.45, 7) is 3.84. The van der Waals surface area contributed by atoms with Crippen molar-refractivity contribution in [2.75, 3.05) is 0 Å². The van der Waals surface area contributed by atoms with Gasteiger partial charge in [-0.05, 0) is 63.8 Å². The average molecular weight is 426 g/mol. The second kappa shape index (κ2) is 9.07. The maximum atomic E-state index is 12.6. The van der Waals surface area contributed by atoms with E-state index in [1.807, 2.05) is 13.8 Å². The van der Waals surface area contributed by atoms with Crippen LogP contribution in [0.3, 0.4) is 0 Å². The Hall–Kier alpha value is -1.90. The summed E-state index contributed by atoms with van der Waals surface area (Å²) in [5.41, 5.74) is 0. The van der Waals surface area contributed by atoms with Crippen molar-refractivity contribution in [2.24, 2.45) is 0 Å². The van der Waals surface area contributed by atoms with E-state index in [9.17, 15) is 8.42 Å². The van der Waals surface area contributed by atoms with Crippen LogP contribution < -0.4 is 14.2 Å². The third-order valence-corrected chi connectivity index (χ3v) is 6.10. The third kappa shape index (κ3) is 5.80. The fourth-order valence-corrected chi connectivity index (χ4v) is 4.47. The Morgan fingerprint density at radius 2 is 1.68 bits per heavy atom. The fraction of sp³-hybridized carbons (Fsp3) is 0.474. The molecule has 1 saturated carbocycles. The van der Waals surface area contributed by atoms with Crippen molar-refractivity contribution in [2.45, 2.75) is 62.7 Å². The molecule has 0 saturated heterocycles. The Morgan fingerprint density at radius 3 is 2.25 bits per heavy atom. The zero-order valence-corrected chi connectivity index (χ0v) is 17.4. The summed E-state index contributed by atoms with van der Waals surface area (Å²) < 4.78 is 39.3. The normalized spacial score (nSPS) is 20.1. The first-order valence-corrected chi connectivity index (χ1v) is 11.1. The van der Waals surface area contributed by atoms with Crippen LogP contribution in [0, 0.1) is 0 Å². The summed E-state index contributed by atoms with van der Waals surface area (Å²) >= 11 is 5.76. The minimum Gasteiger partial charge on any atom is -0.491 e. The van der Waals surface area contributed by atoms with Crippen LogP contribution >= 0.6 is 11.6 Å². The Labute approximate surface area is 170 Å². The van der Waals surface area contributed by atoms with E-state index in [1.54, 1.807) is 24.3 Å². The highest BCUT2D eigenvalue weighted by atomic mass is 35.5. The largest absolute Gasteiger partial charge is 0.491 e. The number of ether oxygens (including phenoxy) is 2. The van der Waals surface area contributed by atoms with E-state index in [4.69, 9.17) is 21.1 Å². The highest BCUT2D eigenvalue weighted by Gasteiger charge is 2.27. The molecule has 7 nitrogen and oxygen atoms in total. The SMILES string of the molecule is CC(C)Oc1ccc(S(=O)(=O)NC2CCC(Oc3ncc(Cl)cn3)CC2)cc1. The fourth-order valence-electron chi connectivity index (χ4n) is 3.07. The molecule has 0 spiro atoms. The molecule has 2 aromatic rings. The lowest BCUT2D eigenvalue weighted by atomic mass is 9.94. The molecule has 0 atom stereocenters. The number of hydrogen-bond acceptors (Lipinski definition) is 6. The van der Waals surface area contributed by atoms with Gasteiger partial charge < -0.3 is 9.47 Å². The Morgan fingerprint density at radius 1 is 1.07 bits per heavy atom. The Bertz CT molecular complexity index is 865. The highest BCUT2D eigenvalue weighted by Crippen LogP contribution is 2.24. The Kier molecular flexibility index (Phi) is 6.74. The van der Waals surface area contributed by atoms with Crippen molar-refractivity contribution in [3.63, 3.8) is 0 Å². The lowest BCUT2D eigenvalue weighted by Gasteiger charge is -2.28. The van der Waals surface area contributed by atoms with Gasteiger partial charge >= 0.3 is 6.01 Å². The molecule has 1 aromatic heterocycles. The van der Waals surface area contributed by atoms with E-state index in [1.165, 1.54) is 12.4 Å². The maximum absolute atomic E-state index is 12.6. The highest BCUT2D eigenvalue weighted by molar-refractivity contribution is 7.89. The molecular formula is C19H24ClN3O4S. The molecule has 28 heavy (non-hydrogen) atoms. The molecule has 1 heterocycles. The number of hydrogen-bond donors (Lipinski definition) is 1. The lowest BCUT2D eigenvalue weighted by Crippen LogP contribution is -2.39. The van der Waals surface area contributed by atoms with Crippen LogP contribution in [-0.2, 0) is 10.0 Å². The molecule has 0 bridgehead atoms. The molecule has 0 aliphatic heterocycles. The average Bonchev–Trinajstić information content (AvgIpc) is 2.65. The Balaban J connectivity index is 1.52. The van der Waals surface area contributed by atoms with Gasteiger partial charge in [0, 0.05) is 6.04 Å². The molecule has 1 aliphatic carbocycles. The predicted octanol–water partition coefficient (Wildman–Crippen LogP) is 3.59. The van der Waals surface area contributed by atoms with Gasteiger partial charge in [-0.15, -0.1) is 0 Å². The number of halogens is 1. The second-order valence-corrected chi connectivity index (χ2v) is 9.19. The minimum absolute atomic E-state index is 0.0330. The van der Waals surface area contributed by atoms with E-state index >= 15 is 0 Å². The molecule has 0 unspecified atom stereocenters. The standard InChI is InChI=1S/C19H24ClN3O4S/c1-13(2)26-16-7-9-18(10-8-16)28(24,25)23-15-3-5-17(6-4-15)27-19-21-11-14(20)12-22-19/h7-13,15,17,23H,3-6H2,1-2H3. The summed E-state index contributed by atoms with van der Waals surface area (Å²) in [5.74, 6) is 0.649. The molecule has 1 fully saturated rings. The number of nitrogens with zero attached hydrogens (tertiary/aromatic N) is 2. The molecule has 152 valence electrons. The van der Waals surface area contributed by atoms with E-state index in [0.717, 1.165) is 12.8 Å². The van der Waals surface area contributed by atoms with Crippen LogP contribution in [0.15, 0.2) is 41.6 Å². The van der Waals surface area contributed by atoms with Crippen molar-refractivity contribution < 1.29 is 17.9 Å². The first kappa shape index (κ1) is 20.8. The van der Waals surface area contributed by atoms with E-state index < -0.39 is 10.0 Å². The first-order chi connectivity index (χ1) is 13.3. The molecule has 9 heteroatoms. The second-order valence-electron chi connectivity index (χ2n) is 7.03. The van der Waals surface area contributed by atoms with E-state index in [2.05, 4.69) is 14.7 Å². The van der Waals surface area contributed by atoms with Crippen molar-refractivity contribution in [1.82, 2.24) is 14.7 Å². The van der Waals surface area contributed by atoms with Gasteiger partial charge in [0.15, 0.2) is 0 Å². The van der Waals surface area contributed by atoms with Gasteiger partial charge in [-0.2, -0.15) is 0 Å². The summed E-state index contributed by atoms with van der Waals surface area (Å²) in [7, 11) is -3.57. The monoisotopic (exact) mass is 425 g/mol. The van der Waals surface area contributed by atoms with Crippen LogP contribution in [0.2, 0.25) is 5.02 Å². The zero-order valence-electron chi connectivity index (χ0n) is 15.8. The molecule has 1 aliphatic rings. The molecule has 0 radical (unpaired) electrons. The predicted molar refractivity (Wildman–Crippen MR) is 106 cm³/mol. The number of sulfonamides is 1. The van der Waals surface area contributed by atoms with Crippen molar-refractivity contribution in [3.05, 3.63) is 41.7 Å². The molecule has 1 aromatic carbocycles. The van der Waals surface area contributed by atoms with Gasteiger partial charge in [0.1, 0.15) is 11.9 Å². The summed E-state index contributed by atoms with van der Waals surface area (Å²) in [6.07, 6.45) is 5.80. The van der Waals surface area contributed by atoms with Gasteiger partial charge in [-0.25, -0.2) is 23.1 Å². The van der Waals surface area contributed by atoms with Crippen LogP contribution in [0.1, 0.15) is 39.5 Å². The number of nitrogens with one attached hydrogen (secondary N) is 1. The summed E-state index contributed by atoms with van der Waals surface area (Å²) in [5, 5.41) is 0.453. The van der Waals surface area contributed by atoms with Gasteiger partial charge in [0.25, 0.3) is 0 Å². The van der Waals surface area contributed by atoms with Crippen molar-refractivity contribution >= 4 is 21.6 Å². The van der Waals surface area contributed by atoms with E-state index in [-0.39, 0.29) is 29.2 Å². The van der Waals surface area contributed by atoms with Crippen LogP contribution in [0.4, 0.5) is 0 Å². The zero-order chi connectivity index (χ0) is 20.1. The molecule has 1 N–H and O–H groups in total. The van der Waals surface area contributed by atoms with Gasteiger partial charge in [0.2, 0.25) is 10.0 Å². The van der Waals surface area contributed by atoms with Gasteiger partial charge in [-0.1, -0.05) is 11.6 Å². The number of aromatic nitrogens is 2. The molecule has 3 rings (SSSR count). The summed E-state index contributed by atoms with van der Waals surface area (Å²) in [6, 6.07) is 6.63. The number of rotatable bonds is 7. The molecular weight excluding hydrogens is 402 g/mol. The third-order valence-electron chi connectivity index (χ3n) is 4.37. The topological polar surface area (TPSA) is 90.4 Å².